The summed E-state index contributed by atoms with van der Waals surface area (Å²) in [5.74, 6) is 1.50. The molecule has 0 fully saturated rings. The van der Waals surface area contributed by atoms with E-state index in [9.17, 15) is 5.11 Å². The SMILES string of the molecule is COc1cccc(C(O)CNC2=NCC(C)N2)c1. The van der Waals surface area contributed by atoms with E-state index in [1.54, 1.807) is 7.11 Å². The molecule has 0 amide bonds. The third-order valence-corrected chi connectivity index (χ3v) is 2.85. The van der Waals surface area contributed by atoms with Crippen LogP contribution < -0.4 is 15.4 Å². The fourth-order valence-electron chi connectivity index (χ4n) is 1.82. The highest BCUT2D eigenvalue weighted by molar-refractivity contribution is 5.81. The molecule has 2 rings (SSSR count). The summed E-state index contributed by atoms with van der Waals surface area (Å²) in [7, 11) is 1.61. The van der Waals surface area contributed by atoms with Gasteiger partial charge < -0.3 is 20.5 Å². The van der Waals surface area contributed by atoms with Crippen molar-refractivity contribution in [1.82, 2.24) is 10.6 Å². The molecular formula is C13H19N3O2. The highest BCUT2D eigenvalue weighted by Gasteiger charge is 2.14. The summed E-state index contributed by atoms with van der Waals surface area (Å²) in [5.41, 5.74) is 0.827. The second-order valence-electron chi connectivity index (χ2n) is 4.41. The molecule has 1 aliphatic rings. The minimum atomic E-state index is -0.583. The molecule has 5 nitrogen and oxygen atoms in total. The number of benzene rings is 1. The first-order valence-corrected chi connectivity index (χ1v) is 6.06. The predicted octanol–water partition coefficient (Wildman–Crippen LogP) is 0.666. The molecule has 5 heteroatoms. The lowest BCUT2D eigenvalue weighted by Gasteiger charge is -2.14. The van der Waals surface area contributed by atoms with E-state index in [-0.39, 0.29) is 0 Å². The van der Waals surface area contributed by atoms with Crippen molar-refractivity contribution < 1.29 is 9.84 Å². The van der Waals surface area contributed by atoms with Crippen molar-refractivity contribution in [3.05, 3.63) is 29.8 Å². The molecular weight excluding hydrogens is 230 g/mol. The zero-order valence-electron chi connectivity index (χ0n) is 10.7. The van der Waals surface area contributed by atoms with Crippen LogP contribution >= 0.6 is 0 Å². The standard InChI is InChI=1S/C13H19N3O2/c1-9-7-14-13(16-9)15-8-12(17)10-4-3-5-11(6-10)18-2/h3-6,9,12,17H,7-8H2,1-2H3,(H2,14,15,16). The quantitative estimate of drug-likeness (QED) is 0.733. The number of aliphatic imine (C=N–C) groups is 1. The minimum absolute atomic E-state index is 0.362. The second-order valence-corrected chi connectivity index (χ2v) is 4.41. The van der Waals surface area contributed by atoms with E-state index >= 15 is 0 Å². The largest absolute Gasteiger partial charge is 0.497 e. The average Bonchev–Trinajstić information content (AvgIpc) is 2.82. The van der Waals surface area contributed by atoms with Crippen molar-refractivity contribution in [3.8, 4) is 5.75 Å². The van der Waals surface area contributed by atoms with Gasteiger partial charge in [0.25, 0.3) is 0 Å². The van der Waals surface area contributed by atoms with Crippen LogP contribution in [0.1, 0.15) is 18.6 Å². The lowest BCUT2D eigenvalue weighted by molar-refractivity contribution is 0.180. The topological polar surface area (TPSA) is 65.9 Å². The van der Waals surface area contributed by atoms with Gasteiger partial charge in [-0.15, -0.1) is 0 Å². The van der Waals surface area contributed by atoms with Crippen molar-refractivity contribution in [2.75, 3.05) is 20.2 Å². The monoisotopic (exact) mass is 249 g/mol. The molecule has 2 unspecified atom stereocenters. The number of methoxy groups -OCH3 is 1. The Hall–Kier alpha value is -1.75. The molecule has 0 saturated heterocycles. The van der Waals surface area contributed by atoms with E-state index in [0.717, 1.165) is 23.8 Å². The van der Waals surface area contributed by atoms with E-state index in [1.807, 2.05) is 24.3 Å². The number of hydrogen-bond acceptors (Lipinski definition) is 5. The molecule has 3 N–H and O–H groups in total. The van der Waals surface area contributed by atoms with Gasteiger partial charge in [0.2, 0.25) is 0 Å². The molecule has 0 spiro atoms. The van der Waals surface area contributed by atoms with Crippen LogP contribution in [0, 0.1) is 0 Å². The van der Waals surface area contributed by atoms with E-state index in [4.69, 9.17) is 4.74 Å². The van der Waals surface area contributed by atoms with Gasteiger partial charge in [0.1, 0.15) is 5.75 Å². The maximum absolute atomic E-state index is 10.1. The first-order valence-electron chi connectivity index (χ1n) is 6.06. The highest BCUT2D eigenvalue weighted by atomic mass is 16.5. The molecule has 0 aromatic heterocycles. The number of aliphatic hydroxyl groups is 1. The summed E-state index contributed by atoms with van der Waals surface area (Å²) in [5, 5.41) is 16.3. The maximum Gasteiger partial charge on any atom is 0.191 e. The summed E-state index contributed by atoms with van der Waals surface area (Å²) < 4.78 is 5.13. The summed E-state index contributed by atoms with van der Waals surface area (Å²) in [6.07, 6.45) is -0.583. The Morgan fingerprint density at radius 2 is 2.44 bits per heavy atom. The molecule has 18 heavy (non-hydrogen) atoms. The number of ether oxygens (including phenoxy) is 1. The minimum Gasteiger partial charge on any atom is -0.497 e. The molecule has 0 radical (unpaired) electrons. The van der Waals surface area contributed by atoms with Crippen LogP contribution in [0.4, 0.5) is 0 Å². The fraction of sp³-hybridized carbons (Fsp3) is 0.462. The molecule has 0 saturated carbocycles. The van der Waals surface area contributed by atoms with Gasteiger partial charge in [-0.25, -0.2) is 0 Å². The van der Waals surface area contributed by atoms with Gasteiger partial charge in [-0.3, -0.25) is 4.99 Å². The van der Waals surface area contributed by atoms with E-state index in [0.29, 0.717) is 12.6 Å². The normalized spacial score (nSPS) is 19.9. The Kier molecular flexibility index (Phi) is 4.04. The van der Waals surface area contributed by atoms with Crippen molar-refractivity contribution in [2.24, 2.45) is 4.99 Å². The summed E-state index contributed by atoms with van der Waals surface area (Å²) in [4.78, 5) is 4.27. The van der Waals surface area contributed by atoms with Crippen LogP contribution in [0.5, 0.6) is 5.75 Å². The first-order chi connectivity index (χ1) is 8.69. The van der Waals surface area contributed by atoms with Crippen molar-refractivity contribution in [2.45, 2.75) is 19.1 Å². The van der Waals surface area contributed by atoms with E-state index in [1.165, 1.54) is 0 Å². The van der Waals surface area contributed by atoms with Gasteiger partial charge in [0, 0.05) is 12.6 Å². The van der Waals surface area contributed by atoms with Gasteiger partial charge in [0.15, 0.2) is 5.96 Å². The summed E-state index contributed by atoms with van der Waals surface area (Å²) >= 11 is 0. The molecule has 1 aliphatic heterocycles. The van der Waals surface area contributed by atoms with Crippen LogP contribution in [-0.2, 0) is 0 Å². The van der Waals surface area contributed by atoms with E-state index in [2.05, 4.69) is 22.5 Å². The van der Waals surface area contributed by atoms with Gasteiger partial charge in [-0.05, 0) is 24.6 Å². The Labute approximate surface area is 107 Å². The van der Waals surface area contributed by atoms with Crippen LogP contribution in [0.15, 0.2) is 29.3 Å². The predicted molar refractivity (Wildman–Crippen MR) is 70.9 cm³/mol. The van der Waals surface area contributed by atoms with Gasteiger partial charge in [-0.1, -0.05) is 12.1 Å². The van der Waals surface area contributed by atoms with Gasteiger partial charge in [-0.2, -0.15) is 0 Å². The Morgan fingerprint density at radius 1 is 1.61 bits per heavy atom. The Balaban J connectivity index is 1.89. The van der Waals surface area contributed by atoms with Crippen LogP contribution in [0.2, 0.25) is 0 Å². The van der Waals surface area contributed by atoms with Crippen LogP contribution in [0.25, 0.3) is 0 Å². The maximum atomic E-state index is 10.1. The van der Waals surface area contributed by atoms with Crippen molar-refractivity contribution in [1.29, 1.82) is 0 Å². The molecule has 1 aromatic rings. The summed E-state index contributed by atoms with van der Waals surface area (Å²) in [6.45, 7) is 3.26. The first kappa shape index (κ1) is 12.7. The van der Waals surface area contributed by atoms with Gasteiger partial charge >= 0.3 is 0 Å². The Morgan fingerprint density at radius 3 is 3.11 bits per heavy atom. The third kappa shape index (κ3) is 3.13. The smallest absolute Gasteiger partial charge is 0.191 e. The number of hydrogen-bond donors (Lipinski definition) is 3. The highest BCUT2D eigenvalue weighted by Crippen LogP contribution is 2.18. The molecule has 1 aromatic carbocycles. The number of rotatable bonds is 4. The van der Waals surface area contributed by atoms with Crippen molar-refractivity contribution >= 4 is 5.96 Å². The number of guanidine groups is 1. The molecule has 1 heterocycles. The fourth-order valence-corrected chi connectivity index (χ4v) is 1.82. The molecule has 98 valence electrons. The zero-order chi connectivity index (χ0) is 13.0. The number of nitrogens with zero attached hydrogens (tertiary/aromatic N) is 1. The van der Waals surface area contributed by atoms with Gasteiger partial charge in [0.05, 0.1) is 19.8 Å². The number of nitrogens with one attached hydrogen (secondary N) is 2. The van der Waals surface area contributed by atoms with Crippen LogP contribution in [-0.4, -0.2) is 37.3 Å². The second kappa shape index (κ2) is 5.73. The zero-order valence-corrected chi connectivity index (χ0v) is 10.7. The third-order valence-electron chi connectivity index (χ3n) is 2.85. The van der Waals surface area contributed by atoms with Crippen LogP contribution in [0.3, 0.4) is 0 Å². The lowest BCUT2D eigenvalue weighted by Crippen LogP contribution is -2.39. The molecule has 0 bridgehead atoms. The average molecular weight is 249 g/mol. The summed E-state index contributed by atoms with van der Waals surface area (Å²) in [6, 6.07) is 7.79. The lowest BCUT2D eigenvalue weighted by atomic mass is 10.1. The van der Waals surface area contributed by atoms with Crippen molar-refractivity contribution in [3.63, 3.8) is 0 Å². The molecule has 2 atom stereocenters. The number of aliphatic hydroxyl groups excluding tert-OH is 1. The van der Waals surface area contributed by atoms with E-state index < -0.39 is 6.10 Å². The molecule has 0 aliphatic carbocycles. The Bertz CT molecular complexity index is 434.